The van der Waals surface area contributed by atoms with Crippen LogP contribution in [-0.4, -0.2) is 16.0 Å². The molecule has 2 aromatic rings. The highest BCUT2D eigenvalue weighted by molar-refractivity contribution is 5.97. The van der Waals surface area contributed by atoms with Crippen LogP contribution in [0.2, 0.25) is 0 Å². The van der Waals surface area contributed by atoms with Crippen molar-refractivity contribution in [1.82, 2.24) is 10.3 Å². The van der Waals surface area contributed by atoms with Crippen molar-refractivity contribution in [1.29, 1.82) is 0 Å². The van der Waals surface area contributed by atoms with E-state index in [1.54, 1.807) is 6.20 Å². The Balaban J connectivity index is 2.01. The maximum Gasteiger partial charge on any atom is 0.170 e. The summed E-state index contributed by atoms with van der Waals surface area (Å²) >= 11 is 0. The molecule has 20 heavy (non-hydrogen) atoms. The molecular formula is C15H18N4O. The van der Waals surface area contributed by atoms with E-state index in [4.69, 9.17) is 10.9 Å². The molecule has 0 fully saturated rings. The summed E-state index contributed by atoms with van der Waals surface area (Å²) in [5.41, 5.74) is 8.50. The van der Waals surface area contributed by atoms with Crippen molar-refractivity contribution in [3.63, 3.8) is 0 Å². The van der Waals surface area contributed by atoms with Crippen LogP contribution in [-0.2, 0) is 6.54 Å². The van der Waals surface area contributed by atoms with Crippen molar-refractivity contribution >= 4 is 5.84 Å². The molecule has 0 amide bonds. The maximum atomic E-state index is 8.69. The SMILES string of the molecule is C[C@H](NCc1cccc(/C(N)=N/O)c1)c1cccnc1. The van der Waals surface area contributed by atoms with Gasteiger partial charge in [0, 0.05) is 30.5 Å². The summed E-state index contributed by atoms with van der Waals surface area (Å²) in [7, 11) is 0. The molecule has 1 atom stereocenters. The first-order chi connectivity index (χ1) is 9.70. The highest BCUT2D eigenvalue weighted by atomic mass is 16.4. The molecular weight excluding hydrogens is 252 g/mol. The molecule has 4 N–H and O–H groups in total. The second kappa shape index (κ2) is 6.68. The Labute approximate surface area is 118 Å². The Morgan fingerprint density at radius 1 is 1.40 bits per heavy atom. The number of nitrogens with zero attached hydrogens (tertiary/aromatic N) is 2. The lowest BCUT2D eigenvalue weighted by atomic mass is 10.1. The number of rotatable bonds is 5. The molecule has 1 aromatic heterocycles. The molecule has 0 bridgehead atoms. The van der Waals surface area contributed by atoms with Crippen molar-refractivity contribution in [3.05, 3.63) is 65.5 Å². The topological polar surface area (TPSA) is 83.5 Å². The van der Waals surface area contributed by atoms with E-state index in [2.05, 4.69) is 22.4 Å². The highest BCUT2D eigenvalue weighted by Crippen LogP contribution is 2.12. The zero-order valence-electron chi connectivity index (χ0n) is 11.3. The Kier molecular flexibility index (Phi) is 4.68. The fraction of sp³-hybridized carbons (Fsp3) is 0.200. The number of oxime groups is 1. The van der Waals surface area contributed by atoms with Gasteiger partial charge in [-0.2, -0.15) is 0 Å². The van der Waals surface area contributed by atoms with Gasteiger partial charge in [0.2, 0.25) is 0 Å². The van der Waals surface area contributed by atoms with E-state index >= 15 is 0 Å². The van der Waals surface area contributed by atoms with Crippen molar-refractivity contribution in [2.24, 2.45) is 10.9 Å². The summed E-state index contributed by atoms with van der Waals surface area (Å²) in [4.78, 5) is 4.11. The van der Waals surface area contributed by atoms with Crippen molar-refractivity contribution in [2.75, 3.05) is 0 Å². The number of hydrogen-bond acceptors (Lipinski definition) is 4. The van der Waals surface area contributed by atoms with Gasteiger partial charge in [-0.25, -0.2) is 0 Å². The van der Waals surface area contributed by atoms with Crippen LogP contribution in [0.15, 0.2) is 53.9 Å². The van der Waals surface area contributed by atoms with Crippen LogP contribution < -0.4 is 11.1 Å². The minimum absolute atomic E-state index is 0.118. The van der Waals surface area contributed by atoms with E-state index in [1.807, 2.05) is 42.6 Å². The zero-order chi connectivity index (χ0) is 14.4. The van der Waals surface area contributed by atoms with E-state index in [0.29, 0.717) is 12.1 Å². The third kappa shape index (κ3) is 3.55. The molecule has 0 aliphatic heterocycles. The molecule has 0 saturated carbocycles. The minimum Gasteiger partial charge on any atom is -0.409 e. The van der Waals surface area contributed by atoms with E-state index in [-0.39, 0.29) is 11.9 Å². The third-order valence-corrected chi connectivity index (χ3v) is 3.13. The van der Waals surface area contributed by atoms with E-state index in [1.165, 1.54) is 0 Å². The number of pyridine rings is 1. The third-order valence-electron chi connectivity index (χ3n) is 3.13. The summed E-state index contributed by atoms with van der Waals surface area (Å²) in [6.07, 6.45) is 3.61. The molecule has 0 aliphatic carbocycles. The Morgan fingerprint density at radius 3 is 2.95 bits per heavy atom. The largest absolute Gasteiger partial charge is 0.409 e. The predicted octanol–water partition coefficient (Wildman–Crippen LogP) is 2.03. The molecule has 5 nitrogen and oxygen atoms in total. The van der Waals surface area contributed by atoms with Crippen LogP contribution in [0.4, 0.5) is 0 Å². The Morgan fingerprint density at radius 2 is 2.25 bits per heavy atom. The normalized spacial score (nSPS) is 13.2. The lowest BCUT2D eigenvalue weighted by molar-refractivity contribution is 0.318. The van der Waals surface area contributed by atoms with Gasteiger partial charge in [-0.05, 0) is 30.2 Å². The van der Waals surface area contributed by atoms with Crippen molar-refractivity contribution in [3.8, 4) is 0 Å². The quantitative estimate of drug-likeness (QED) is 0.336. The van der Waals surface area contributed by atoms with Crippen molar-refractivity contribution < 1.29 is 5.21 Å². The summed E-state index contributed by atoms with van der Waals surface area (Å²) in [5, 5.41) is 15.1. The van der Waals surface area contributed by atoms with Crippen LogP contribution in [0.25, 0.3) is 0 Å². The Hall–Kier alpha value is -2.40. The Bertz CT molecular complexity index is 583. The van der Waals surface area contributed by atoms with Crippen LogP contribution in [0.1, 0.15) is 29.7 Å². The molecule has 104 valence electrons. The van der Waals surface area contributed by atoms with Crippen LogP contribution in [0.5, 0.6) is 0 Å². The van der Waals surface area contributed by atoms with Crippen LogP contribution in [0, 0.1) is 0 Å². The maximum absolute atomic E-state index is 8.69. The van der Waals surface area contributed by atoms with Crippen LogP contribution >= 0.6 is 0 Å². The van der Waals surface area contributed by atoms with E-state index < -0.39 is 0 Å². The average molecular weight is 270 g/mol. The first-order valence-electron chi connectivity index (χ1n) is 6.41. The van der Waals surface area contributed by atoms with Gasteiger partial charge in [0.15, 0.2) is 5.84 Å². The molecule has 1 heterocycles. The highest BCUT2D eigenvalue weighted by Gasteiger charge is 2.05. The van der Waals surface area contributed by atoms with Gasteiger partial charge in [0.25, 0.3) is 0 Å². The number of nitrogens with two attached hydrogens (primary N) is 1. The standard InChI is InChI=1S/C15H18N4O/c1-11(14-6-3-7-17-10-14)18-9-12-4-2-5-13(8-12)15(16)19-20/h2-8,10-11,18,20H,9H2,1H3,(H2,16,19)/t11-/m0/s1. The van der Waals surface area contributed by atoms with Crippen molar-refractivity contribution in [2.45, 2.75) is 19.5 Å². The first-order valence-corrected chi connectivity index (χ1v) is 6.41. The van der Waals surface area contributed by atoms with Gasteiger partial charge in [-0.1, -0.05) is 29.4 Å². The fourth-order valence-electron chi connectivity index (χ4n) is 1.92. The lowest BCUT2D eigenvalue weighted by Gasteiger charge is -2.14. The molecule has 0 unspecified atom stereocenters. The second-order valence-corrected chi connectivity index (χ2v) is 4.57. The molecule has 1 aromatic carbocycles. The minimum atomic E-state index is 0.118. The molecule has 5 heteroatoms. The molecule has 2 rings (SSSR count). The molecule has 0 saturated heterocycles. The van der Waals surface area contributed by atoms with Gasteiger partial charge in [0.05, 0.1) is 0 Å². The monoisotopic (exact) mass is 270 g/mol. The summed E-state index contributed by atoms with van der Waals surface area (Å²) in [6.45, 7) is 2.78. The molecule has 0 radical (unpaired) electrons. The summed E-state index contributed by atoms with van der Waals surface area (Å²) in [6, 6.07) is 11.8. The van der Waals surface area contributed by atoms with Gasteiger partial charge >= 0.3 is 0 Å². The lowest BCUT2D eigenvalue weighted by Crippen LogP contribution is -2.19. The number of benzene rings is 1. The molecule has 0 aliphatic rings. The number of amidine groups is 1. The smallest absolute Gasteiger partial charge is 0.170 e. The number of nitrogens with one attached hydrogen (secondary N) is 1. The van der Waals surface area contributed by atoms with E-state index in [9.17, 15) is 0 Å². The number of aromatic nitrogens is 1. The van der Waals surface area contributed by atoms with Gasteiger partial charge in [-0.3, -0.25) is 4.98 Å². The average Bonchev–Trinajstić information content (AvgIpc) is 2.53. The van der Waals surface area contributed by atoms with Gasteiger partial charge < -0.3 is 16.3 Å². The number of hydrogen-bond donors (Lipinski definition) is 3. The van der Waals surface area contributed by atoms with E-state index in [0.717, 1.165) is 11.1 Å². The second-order valence-electron chi connectivity index (χ2n) is 4.57. The summed E-state index contributed by atoms with van der Waals surface area (Å²) in [5.74, 6) is 0.118. The molecule has 0 spiro atoms. The van der Waals surface area contributed by atoms with Gasteiger partial charge in [0.1, 0.15) is 0 Å². The first kappa shape index (κ1) is 14.0. The fourth-order valence-corrected chi connectivity index (χ4v) is 1.92. The predicted molar refractivity (Wildman–Crippen MR) is 78.4 cm³/mol. The van der Waals surface area contributed by atoms with Gasteiger partial charge in [-0.15, -0.1) is 0 Å². The summed E-state index contributed by atoms with van der Waals surface area (Å²) < 4.78 is 0. The zero-order valence-corrected chi connectivity index (χ0v) is 11.3. The van der Waals surface area contributed by atoms with Crippen LogP contribution in [0.3, 0.4) is 0 Å².